The second kappa shape index (κ2) is 6.40. The first-order valence-corrected chi connectivity index (χ1v) is 7.44. The van der Waals surface area contributed by atoms with Crippen molar-refractivity contribution in [1.29, 1.82) is 0 Å². The summed E-state index contributed by atoms with van der Waals surface area (Å²) in [7, 11) is -0.882. The van der Waals surface area contributed by atoms with E-state index in [0.29, 0.717) is 18.5 Å². The highest BCUT2D eigenvalue weighted by atomic mass is 16.6. The quantitative estimate of drug-likeness (QED) is 0.617. The molecule has 9 nitrogen and oxygen atoms in total. The molecule has 3 rings (SSSR count). The number of nitrogens with one attached hydrogen (secondary N) is 1. The van der Waals surface area contributed by atoms with Gasteiger partial charge in [-0.15, -0.1) is 0 Å². The fourth-order valence-electron chi connectivity index (χ4n) is 2.75. The molecule has 1 atom stereocenters. The van der Waals surface area contributed by atoms with Gasteiger partial charge < -0.3 is 25.5 Å². The second-order valence-corrected chi connectivity index (χ2v) is 5.60. The van der Waals surface area contributed by atoms with Crippen LogP contribution in [-0.2, 0) is 16.0 Å². The van der Waals surface area contributed by atoms with Gasteiger partial charge in [0.2, 0.25) is 5.91 Å². The van der Waals surface area contributed by atoms with Gasteiger partial charge in [-0.2, -0.15) is 0 Å². The zero-order chi connectivity index (χ0) is 17.3. The van der Waals surface area contributed by atoms with Crippen molar-refractivity contribution in [3.63, 3.8) is 0 Å². The van der Waals surface area contributed by atoms with E-state index in [9.17, 15) is 19.5 Å². The van der Waals surface area contributed by atoms with Gasteiger partial charge >= 0.3 is 19.1 Å². The predicted octanol–water partition coefficient (Wildman–Crippen LogP) is -0.757. The van der Waals surface area contributed by atoms with Gasteiger partial charge in [0, 0.05) is 0 Å². The van der Waals surface area contributed by atoms with E-state index in [0.717, 1.165) is 0 Å². The maximum atomic E-state index is 12.1. The lowest BCUT2D eigenvalue weighted by molar-refractivity contribution is -0.121. The number of amides is 2. The van der Waals surface area contributed by atoms with E-state index in [4.69, 9.17) is 15.0 Å². The first-order chi connectivity index (χ1) is 11.5. The highest BCUT2D eigenvalue weighted by Crippen LogP contribution is 2.29. The summed E-state index contributed by atoms with van der Waals surface area (Å²) in [5, 5.41) is 11.9. The molecule has 2 amide bonds. The Bertz CT molecular complexity index is 697. The molecule has 126 valence electrons. The number of benzene rings is 1. The monoisotopic (exact) mass is 333 g/mol. The molecule has 0 aliphatic carbocycles. The van der Waals surface area contributed by atoms with Crippen molar-refractivity contribution in [1.82, 2.24) is 10.2 Å². The Balaban J connectivity index is 1.68. The average Bonchev–Trinajstić information content (AvgIpc) is 2.92. The number of aromatic carboxylic acids is 1. The lowest BCUT2D eigenvalue weighted by Crippen LogP contribution is -2.59. The van der Waals surface area contributed by atoms with E-state index in [1.165, 1.54) is 11.0 Å². The van der Waals surface area contributed by atoms with E-state index in [1.807, 2.05) is 0 Å². The molecule has 2 aliphatic rings. The van der Waals surface area contributed by atoms with Crippen LogP contribution in [0.25, 0.3) is 0 Å². The largest absolute Gasteiger partial charge is 0.544 e. The normalized spacial score (nSPS) is 19.4. The molecule has 0 spiro atoms. The Labute approximate surface area is 137 Å². The van der Waals surface area contributed by atoms with Gasteiger partial charge in [-0.3, -0.25) is 9.69 Å². The van der Waals surface area contributed by atoms with Crippen LogP contribution in [0.5, 0.6) is 5.75 Å². The van der Waals surface area contributed by atoms with E-state index in [2.05, 4.69) is 5.32 Å². The molecule has 0 bridgehead atoms. The summed E-state index contributed by atoms with van der Waals surface area (Å²) in [5.74, 6) is -1.77. The van der Waals surface area contributed by atoms with E-state index in [-0.39, 0.29) is 30.4 Å². The minimum atomic E-state index is -1.10. The maximum absolute atomic E-state index is 12.1. The Morgan fingerprint density at radius 3 is 2.92 bits per heavy atom. The van der Waals surface area contributed by atoms with E-state index < -0.39 is 25.1 Å². The van der Waals surface area contributed by atoms with Crippen molar-refractivity contribution in [2.45, 2.75) is 12.4 Å². The number of nitrogens with two attached hydrogens (primary N) is 1. The molecule has 4 N–H and O–H groups in total. The second-order valence-electron chi connectivity index (χ2n) is 5.60. The smallest absolute Gasteiger partial charge is 0.467 e. The first-order valence-electron chi connectivity index (χ1n) is 7.44. The van der Waals surface area contributed by atoms with Gasteiger partial charge in [-0.25, -0.2) is 9.59 Å². The number of fused-ring (bicyclic) bond motifs is 1. The van der Waals surface area contributed by atoms with Crippen molar-refractivity contribution < 1.29 is 28.9 Å². The van der Waals surface area contributed by atoms with Crippen LogP contribution in [0.1, 0.15) is 15.9 Å². The number of ether oxygens (including phenoxy) is 1. The Morgan fingerprint density at radius 1 is 1.46 bits per heavy atom. The number of cyclic esters (lactones) is 1. The number of hydrogen-bond donors (Lipinski definition) is 3. The molecular formula is C14H16BN3O6. The third-order valence-electron chi connectivity index (χ3n) is 3.94. The van der Waals surface area contributed by atoms with E-state index >= 15 is 0 Å². The standard InChI is InChI=1S/C14H16BN3O6/c16-15-10(17-11(19)7-18-4-5-23-14(18)22)6-8-2-1-3-9(13(20)21)12(8)24-15/h1-3,10H,4-7,16H2,(H,17,19)(H,20,21)/t10-/m0/s1. The third kappa shape index (κ3) is 3.13. The lowest BCUT2D eigenvalue weighted by Gasteiger charge is -2.30. The van der Waals surface area contributed by atoms with Crippen LogP contribution < -0.4 is 15.6 Å². The summed E-state index contributed by atoms with van der Waals surface area (Å²) < 4.78 is 10.3. The lowest BCUT2D eigenvalue weighted by atomic mass is 9.68. The van der Waals surface area contributed by atoms with Crippen LogP contribution in [0.15, 0.2) is 18.2 Å². The molecule has 0 radical (unpaired) electrons. The number of para-hydroxylation sites is 1. The van der Waals surface area contributed by atoms with Crippen LogP contribution in [0, 0.1) is 0 Å². The molecule has 1 aromatic rings. The summed E-state index contributed by atoms with van der Waals surface area (Å²) in [5.41, 5.74) is 6.60. The number of carbonyl (C=O) groups excluding carboxylic acids is 2. The van der Waals surface area contributed by atoms with Gasteiger partial charge in [0.25, 0.3) is 0 Å². The molecule has 0 saturated carbocycles. The van der Waals surface area contributed by atoms with Crippen LogP contribution in [0.4, 0.5) is 4.79 Å². The summed E-state index contributed by atoms with van der Waals surface area (Å²) in [4.78, 5) is 35.9. The van der Waals surface area contributed by atoms with Gasteiger partial charge in [0.05, 0.1) is 18.0 Å². The molecule has 2 aliphatic heterocycles. The van der Waals surface area contributed by atoms with Crippen molar-refractivity contribution in [2.75, 3.05) is 19.7 Å². The highest BCUT2D eigenvalue weighted by Gasteiger charge is 2.36. The van der Waals surface area contributed by atoms with Gasteiger partial charge in [-0.1, -0.05) is 12.1 Å². The Hall–Kier alpha value is -2.75. The molecule has 10 heteroatoms. The number of carboxylic acid groups (broad SMARTS) is 1. The van der Waals surface area contributed by atoms with Crippen LogP contribution >= 0.6 is 0 Å². The van der Waals surface area contributed by atoms with Gasteiger partial charge in [0.1, 0.15) is 18.9 Å². The summed E-state index contributed by atoms with van der Waals surface area (Å²) in [6.45, 7) is 0.512. The molecule has 1 saturated heterocycles. The molecule has 24 heavy (non-hydrogen) atoms. The molecule has 1 fully saturated rings. The number of carbonyl (C=O) groups is 3. The van der Waals surface area contributed by atoms with Crippen molar-refractivity contribution >= 4 is 25.0 Å². The number of rotatable bonds is 4. The fraction of sp³-hybridized carbons (Fsp3) is 0.357. The molecule has 1 aromatic carbocycles. The SMILES string of the molecule is NB1Oc2c(cccc2C(=O)O)C[C@@H]1NC(=O)CN1CCOC1=O. The van der Waals surface area contributed by atoms with Crippen LogP contribution in [0.2, 0.25) is 0 Å². The molecular weight excluding hydrogens is 317 g/mol. The Kier molecular flexibility index (Phi) is 4.30. The van der Waals surface area contributed by atoms with Gasteiger partial charge in [-0.05, 0) is 18.1 Å². The third-order valence-corrected chi connectivity index (χ3v) is 3.94. The first kappa shape index (κ1) is 16.1. The van der Waals surface area contributed by atoms with Crippen molar-refractivity contribution in [3.8, 4) is 5.75 Å². The summed E-state index contributed by atoms with van der Waals surface area (Å²) >= 11 is 0. The Morgan fingerprint density at radius 2 is 2.25 bits per heavy atom. The van der Waals surface area contributed by atoms with Gasteiger partial charge in [0.15, 0.2) is 0 Å². The average molecular weight is 333 g/mol. The number of carboxylic acids is 1. The number of hydrogen-bond acceptors (Lipinski definition) is 6. The fourth-order valence-corrected chi connectivity index (χ4v) is 2.75. The summed E-state index contributed by atoms with van der Waals surface area (Å²) in [6, 6.07) is 4.78. The van der Waals surface area contributed by atoms with Crippen molar-refractivity contribution in [3.05, 3.63) is 29.3 Å². The minimum Gasteiger partial charge on any atom is -0.544 e. The molecule has 0 aromatic heterocycles. The maximum Gasteiger partial charge on any atom is 0.467 e. The zero-order valence-corrected chi connectivity index (χ0v) is 12.7. The van der Waals surface area contributed by atoms with Crippen LogP contribution in [0.3, 0.4) is 0 Å². The zero-order valence-electron chi connectivity index (χ0n) is 12.7. The summed E-state index contributed by atoms with van der Waals surface area (Å²) in [6.07, 6.45) is -0.181. The highest BCUT2D eigenvalue weighted by molar-refractivity contribution is 6.51. The predicted molar refractivity (Wildman–Crippen MR) is 82.5 cm³/mol. The molecule has 0 unspecified atom stereocenters. The van der Waals surface area contributed by atoms with Crippen LogP contribution in [-0.4, -0.2) is 60.7 Å². The topological polar surface area (TPSA) is 131 Å². The number of nitrogens with zero attached hydrogens (tertiary/aromatic N) is 1. The van der Waals surface area contributed by atoms with E-state index in [1.54, 1.807) is 12.1 Å². The van der Waals surface area contributed by atoms with Crippen molar-refractivity contribution in [2.24, 2.45) is 5.64 Å². The molecule has 2 heterocycles. The minimum absolute atomic E-state index is 0.0348.